The van der Waals surface area contributed by atoms with Crippen molar-refractivity contribution < 1.29 is 4.79 Å². The minimum absolute atomic E-state index is 0.0643. The third kappa shape index (κ3) is 3.94. The van der Waals surface area contributed by atoms with Gasteiger partial charge in [-0.1, -0.05) is 6.92 Å². The Kier molecular flexibility index (Phi) is 4.90. The molecule has 4 nitrogen and oxygen atoms in total. The number of anilines is 1. The van der Waals surface area contributed by atoms with Gasteiger partial charge < -0.3 is 0 Å². The molecule has 2 aromatic rings. The van der Waals surface area contributed by atoms with Gasteiger partial charge in [-0.25, -0.2) is 4.98 Å². The van der Waals surface area contributed by atoms with Gasteiger partial charge in [-0.05, 0) is 44.4 Å². The van der Waals surface area contributed by atoms with Gasteiger partial charge in [0.05, 0.1) is 10.6 Å². The van der Waals surface area contributed by atoms with Crippen molar-refractivity contribution in [3.8, 4) is 0 Å². The number of piperidine rings is 1. The molecule has 1 saturated heterocycles. The molecule has 3 rings (SSSR count). The number of aromatic nitrogens is 1. The summed E-state index contributed by atoms with van der Waals surface area (Å²) in [6.45, 7) is 7.49. The Hall–Kier alpha value is -1.24. The zero-order valence-electron chi connectivity index (χ0n) is 13.0. The van der Waals surface area contributed by atoms with Gasteiger partial charge in [0.15, 0.2) is 5.13 Å². The number of nitrogens with one attached hydrogen (secondary N) is 1. The molecule has 2 aromatic heterocycles. The van der Waals surface area contributed by atoms with Gasteiger partial charge in [-0.15, -0.1) is 22.7 Å². The van der Waals surface area contributed by atoms with E-state index in [0.29, 0.717) is 5.13 Å². The molecule has 1 N–H and O–H groups in total. The van der Waals surface area contributed by atoms with Crippen LogP contribution in [0.25, 0.3) is 0 Å². The fourth-order valence-electron chi connectivity index (χ4n) is 2.81. The second-order valence-corrected chi connectivity index (χ2v) is 8.14. The lowest BCUT2D eigenvalue weighted by atomic mass is 10.0. The van der Waals surface area contributed by atoms with Gasteiger partial charge in [0.25, 0.3) is 5.91 Å². The van der Waals surface area contributed by atoms with Gasteiger partial charge in [0, 0.05) is 23.3 Å². The molecule has 3 heterocycles. The Balaban J connectivity index is 1.58. The Bertz CT molecular complexity index is 649. The molecule has 1 aliphatic rings. The molecule has 1 aliphatic heterocycles. The van der Waals surface area contributed by atoms with E-state index in [1.165, 1.54) is 35.5 Å². The van der Waals surface area contributed by atoms with Gasteiger partial charge in [-0.3, -0.25) is 15.0 Å². The summed E-state index contributed by atoms with van der Waals surface area (Å²) in [4.78, 5) is 21.0. The average Bonchev–Trinajstić information content (AvgIpc) is 3.08. The molecule has 6 heteroatoms. The van der Waals surface area contributed by atoms with Gasteiger partial charge >= 0.3 is 0 Å². The zero-order chi connectivity index (χ0) is 15.5. The molecule has 0 bridgehead atoms. The SMILES string of the molecule is Cc1ccc(C(=O)Nc2nc(CN3CCCC(C)C3)cs2)s1. The number of thiophene rings is 1. The Morgan fingerprint density at radius 2 is 2.36 bits per heavy atom. The van der Waals surface area contributed by atoms with Crippen LogP contribution < -0.4 is 5.32 Å². The van der Waals surface area contributed by atoms with Crippen molar-refractivity contribution in [2.45, 2.75) is 33.2 Å². The van der Waals surface area contributed by atoms with E-state index in [1.807, 2.05) is 19.1 Å². The topological polar surface area (TPSA) is 45.2 Å². The maximum Gasteiger partial charge on any atom is 0.267 e. The first-order valence-electron chi connectivity index (χ1n) is 7.64. The zero-order valence-corrected chi connectivity index (χ0v) is 14.6. The van der Waals surface area contributed by atoms with Crippen molar-refractivity contribution in [3.63, 3.8) is 0 Å². The molecule has 0 aromatic carbocycles. The fourth-order valence-corrected chi connectivity index (χ4v) is 4.27. The molecule has 0 radical (unpaired) electrons. The van der Waals surface area contributed by atoms with Crippen LogP contribution in [0.1, 0.15) is 40.0 Å². The van der Waals surface area contributed by atoms with Gasteiger partial charge in [0.1, 0.15) is 0 Å². The minimum Gasteiger partial charge on any atom is -0.297 e. The van der Waals surface area contributed by atoms with E-state index in [-0.39, 0.29) is 5.91 Å². The van der Waals surface area contributed by atoms with E-state index >= 15 is 0 Å². The van der Waals surface area contributed by atoms with Crippen molar-refractivity contribution >= 4 is 33.7 Å². The van der Waals surface area contributed by atoms with E-state index in [0.717, 1.165) is 41.0 Å². The predicted molar refractivity (Wildman–Crippen MR) is 92.8 cm³/mol. The number of carbonyl (C=O) groups is 1. The summed E-state index contributed by atoms with van der Waals surface area (Å²) in [6.07, 6.45) is 2.60. The smallest absolute Gasteiger partial charge is 0.267 e. The lowest BCUT2D eigenvalue weighted by Crippen LogP contribution is -2.33. The highest BCUT2D eigenvalue weighted by Gasteiger charge is 2.18. The molecule has 0 spiro atoms. The summed E-state index contributed by atoms with van der Waals surface area (Å²) < 4.78 is 0. The third-order valence-corrected chi connectivity index (χ3v) is 5.67. The summed E-state index contributed by atoms with van der Waals surface area (Å²) in [6, 6.07) is 3.82. The molecular weight excluding hydrogens is 314 g/mol. The van der Waals surface area contributed by atoms with Crippen LogP contribution >= 0.6 is 22.7 Å². The Labute approximate surface area is 139 Å². The standard InChI is InChI=1S/C16H21N3OS2/c1-11-4-3-7-19(8-11)9-13-10-21-16(17-13)18-15(20)14-6-5-12(2)22-14/h5-6,10-11H,3-4,7-9H2,1-2H3,(H,17,18,20). The van der Waals surface area contributed by atoms with Crippen molar-refractivity contribution in [2.24, 2.45) is 5.92 Å². The highest BCUT2D eigenvalue weighted by atomic mass is 32.1. The van der Waals surface area contributed by atoms with Crippen LogP contribution in [-0.4, -0.2) is 28.9 Å². The number of likely N-dealkylation sites (tertiary alicyclic amines) is 1. The number of aryl methyl sites for hydroxylation is 1. The minimum atomic E-state index is -0.0643. The predicted octanol–water partition coefficient (Wildman–Crippen LogP) is 4.00. The average molecular weight is 335 g/mol. The largest absolute Gasteiger partial charge is 0.297 e. The first-order chi connectivity index (χ1) is 10.6. The molecule has 1 amide bonds. The second kappa shape index (κ2) is 6.89. The lowest BCUT2D eigenvalue weighted by Gasteiger charge is -2.30. The Morgan fingerprint density at radius 3 is 3.09 bits per heavy atom. The van der Waals surface area contributed by atoms with E-state index in [2.05, 4.69) is 27.5 Å². The number of thiazole rings is 1. The number of hydrogen-bond acceptors (Lipinski definition) is 5. The van der Waals surface area contributed by atoms with E-state index in [1.54, 1.807) is 0 Å². The van der Waals surface area contributed by atoms with Crippen molar-refractivity contribution in [1.82, 2.24) is 9.88 Å². The summed E-state index contributed by atoms with van der Waals surface area (Å²) in [5, 5.41) is 5.64. The molecule has 22 heavy (non-hydrogen) atoms. The van der Waals surface area contributed by atoms with Crippen LogP contribution in [0.3, 0.4) is 0 Å². The first-order valence-corrected chi connectivity index (χ1v) is 9.34. The Morgan fingerprint density at radius 1 is 1.50 bits per heavy atom. The summed E-state index contributed by atoms with van der Waals surface area (Å²) in [5.74, 6) is 0.708. The molecule has 1 unspecified atom stereocenters. The molecule has 0 saturated carbocycles. The normalized spacial score (nSPS) is 19.3. The first kappa shape index (κ1) is 15.6. The maximum absolute atomic E-state index is 12.1. The number of carbonyl (C=O) groups excluding carboxylic acids is 1. The van der Waals surface area contributed by atoms with Crippen molar-refractivity contribution in [3.05, 3.63) is 33.0 Å². The summed E-state index contributed by atoms with van der Waals surface area (Å²) in [5.41, 5.74) is 1.05. The summed E-state index contributed by atoms with van der Waals surface area (Å²) >= 11 is 3.01. The van der Waals surface area contributed by atoms with Gasteiger partial charge in [0.2, 0.25) is 0 Å². The number of amides is 1. The molecule has 0 aliphatic carbocycles. The fraction of sp³-hybridized carbons (Fsp3) is 0.500. The maximum atomic E-state index is 12.1. The summed E-state index contributed by atoms with van der Waals surface area (Å²) in [7, 11) is 0. The van der Waals surface area contributed by atoms with Crippen molar-refractivity contribution in [2.75, 3.05) is 18.4 Å². The monoisotopic (exact) mass is 335 g/mol. The second-order valence-electron chi connectivity index (χ2n) is 5.99. The lowest BCUT2D eigenvalue weighted by molar-refractivity contribution is 0.103. The molecule has 1 atom stereocenters. The van der Waals surface area contributed by atoms with Crippen LogP contribution in [0, 0.1) is 12.8 Å². The van der Waals surface area contributed by atoms with Crippen LogP contribution in [0.5, 0.6) is 0 Å². The van der Waals surface area contributed by atoms with Crippen LogP contribution in [0.2, 0.25) is 0 Å². The van der Waals surface area contributed by atoms with Crippen LogP contribution in [0.4, 0.5) is 5.13 Å². The van der Waals surface area contributed by atoms with E-state index < -0.39 is 0 Å². The van der Waals surface area contributed by atoms with Crippen LogP contribution in [-0.2, 0) is 6.54 Å². The molecule has 118 valence electrons. The number of rotatable bonds is 4. The molecular formula is C16H21N3OS2. The highest BCUT2D eigenvalue weighted by molar-refractivity contribution is 7.15. The number of hydrogen-bond donors (Lipinski definition) is 1. The number of nitrogens with zero attached hydrogens (tertiary/aromatic N) is 2. The third-order valence-electron chi connectivity index (χ3n) is 3.86. The highest BCUT2D eigenvalue weighted by Crippen LogP contribution is 2.22. The van der Waals surface area contributed by atoms with Crippen molar-refractivity contribution in [1.29, 1.82) is 0 Å². The van der Waals surface area contributed by atoms with E-state index in [4.69, 9.17) is 0 Å². The quantitative estimate of drug-likeness (QED) is 0.918. The van der Waals surface area contributed by atoms with Gasteiger partial charge in [-0.2, -0.15) is 0 Å². The van der Waals surface area contributed by atoms with Crippen LogP contribution in [0.15, 0.2) is 17.5 Å². The van der Waals surface area contributed by atoms with E-state index in [9.17, 15) is 4.79 Å². The molecule has 1 fully saturated rings.